The van der Waals surface area contributed by atoms with Gasteiger partial charge in [-0.2, -0.15) is 0 Å². The average molecular weight is 354 g/mol. The van der Waals surface area contributed by atoms with E-state index in [0.29, 0.717) is 19.6 Å². The smallest absolute Gasteiger partial charge is 0.226 e. The Morgan fingerprint density at radius 3 is 2.81 bits per heavy atom. The van der Waals surface area contributed by atoms with Gasteiger partial charge in [0.15, 0.2) is 0 Å². The molecule has 1 amide bonds. The number of morpholine rings is 1. The molecule has 2 N–H and O–H groups in total. The number of benzene rings is 2. The molecule has 5 heteroatoms. The molecular formula is C21H26N2O3. The van der Waals surface area contributed by atoms with Crippen LogP contribution in [-0.4, -0.2) is 31.7 Å². The van der Waals surface area contributed by atoms with Crippen LogP contribution in [0.4, 0.5) is 5.69 Å². The molecule has 0 aromatic heterocycles. The van der Waals surface area contributed by atoms with Crippen LogP contribution in [0, 0.1) is 6.92 Å². The Morgan fingerprint density at radius 1 is 1.31 bits per heavy atom. The maximum Gasteiger partial charge on any atom is 0.226 e. The summed E-state index contributed by atoms with van der Waals surface area (Å²) >= 11 is 0. The molecule has 1 heterocycles. The lowest BCUT2D eigenvalue weighted by atomic mass is 10.1. The lowest BCUT2D eigenvalue weighted by Crippen LogP contribution is -2.43. The van der Waals surface area contributed by atoms with Crippen LogP contribution in [-0.2, 0) is 9.53 Å². The Kier molecular flexibility index (Phi) is 6.26. The summed E-state index contributed by atoms with van der Waals surface area (Å²) in [7, 11) is 0. The zero-order chi connectivity index (χ0) is 18.4. The van der Waals surface area contributed by atoms with Gasteiger partial charge >= 0.3 is 0 Å². The molecule has 1 aliphatic heterocycles. The number of ether oxygens (including phenoxy) is 2. The Hall–Kier alpha value is -2.37. The van der Waals surface area contributed by atoms with Crippen molar-refractivity contribution in [2.24, 2.45) is 0 Å². The third-order valence-electron chi connectivity index (χ3n) is 4.48. The topological polar surface area (TPSA) is 59.6 Å². The van der Waals surface area contributed by atoms with Gasteiger partial charge in [0.25, 0.3) is 0 Å². The van der Waals surface area contributed by atoms with E-state index in [4.69, 9.17) is 9.47 Å². The SMILES string of the molecule is Cc1cc(OC(C)c2ccccc2)ccc1NC(=O)CC1COCCN1. The molecule has 0 spiro atoms. The second-order valence-electron chi connectivity index (χ2n) is 6.63. The van der Waals surface area contributed by atoms with Crippen LogP contribution in [0.5, 0.6) is 5.75 Å². The number of carbonyl (C=O) groups excluding carboxylic acids is 1. The van der Waals surface area contributed by atoms with Gasteiger partial charge in [-0.05, 0) is 43.2 Å². The quantitative estimate of drug-likeness (QED) is 0.834. The van der Waals surface area contributed by atoms with E-state index in [9.17, 15) is 4.79 Å². The van der Waals surface area contributed by atoms with Crippen molar-refractivity contribution in [1.82, 2.24) is 5.32 Å². The number of rotatable bonds is 6. The summed E-state index contributed by atoms with van der Waals surface area (Å²) in [6, 6.07) is 15.9. The van der Waals surface area contributed by atoms with E-state index in [1.807, 2.05) is 50.2 Å². The molecule has 2 aromatic rings. The van der Waals surface area contributed by atoms with E-state index in [1.165, 1.54) is 0 Å². The van der Waals surface area contributed by atoms with Crippen molar-refractivity contribution in [3.05, 3.63) is 59.7 Å². The number of hydrogen-bond donors (Lipinski definition) is 2. The third kappa shape index (κ3) is 5.07. The van der Waals surface area contributed by atoms with Gasteiger partial charge in [0.2, 0.25) is 5.91 Å². The van der Waals surface area contributed by atoms with Gasteiger partial charge in [0, 0.05) is 24.7 Å². The molecule has 5 nitrogen and oxygen atoms in total. The Labute approximate surface area is 154 Å². The number of carbonyl (C=O) groups is 1. The van der Waals surface area contributed by atoms with Crippen LogP contribution in [0.1, 0.15) is 30.6 Å². The van der Waals surface area contributed by atoms with Crippen LogP contribution < -0.4 is 15.4 Å². The highest BCUT2D eigenvalue weighted by Gasteiger charge is 2.17. The van der Waals surface area contributed by atoms with Crippen LogP contribution >= 0.6 is 0 Å². The lowest BCUT2D eigenvalue weighted by Gasteiger charge is -2.23. The molecule has 1 aliphatic rings. The van der Waals surface area contributed by atoms with Crippen LogP contribution in [0.2, 0.25) is 0 Å². The van der Waals surface area contributed by atoms with Crippen molar-refractivity contribution in [3.63, 3.8) is 0 Å². The van der Waals surface area contributed by atoms with E-state index in [0.717, 1.165) is 29.1 Å². The van der Waals surface area contributed by atoms with Gasteiger partial charge in [0.1, 0.15) is 11.9 Å². The maximum atomic E-state index is 12.2. The summed E-state index contributed by atoms with van der Waals surface area (Å²) in [6.07, 6.45) is 0.372. The van der Waals surface area contributed by atoms with Crippen molar-refractivity contribution >= 4 is 11.6 Å². The lowest BCUT2D eigenvalue weighted by molar-refractivity contribution is -0.117. The first kappa shape index (κ1) is 18.4. The fraction of sp³-hybridized carbons (Fsp3) is 0.381. The van der Waals surface area contributed by atoms with Gasteiger partial charge in [-0.25, -0.2) is 0 Å². The predicted molar refractivity (Wildman–Crippen MR) is 103 cm³/mol. The molecule has 138 valence electrons. The Morgan fingerprint density at radius 2 is 2.12 bits per heavy atom. The van der Waals surface area contributed by atoms with Crippen molar-refractivity contribution < 1.29 is 14.3 Å². The van der Waals surface area contributed by atoms with Gasteiger partial charge < -0.3 is 20.1 Å². The monoisotopic (exact) mass is 354 g/mol. The van der Waals surface area contributed by atoms with E-state index < -0.39 is 0 Å². The number of nitrogens with one attached hydrogen (secondary N) is 2. The molecule has 1 fully saturated rings. The Balaban J connectivity index is 1.57. The van der Waals surface area contributed by atoms with Crippen molar-refractivity contribution in [2.75, 3.05) is 25.1 Å². The summed E-state index contributed by atoms with van der Waals surface area (Å²) < 4.78 is 11.4. The molecule has 0 saturated carbocycles. The molecule has 2 unspecified atom stereocenters. The summed E-state index contributed by atoms with van der Waals surface area (Å²) in [5.41, 5.74) is 2.92. The predicted octanol–water partition coefficient (Wildman–Crippen LogP) is 3.45. The summed E-state index contributed by atoms with van der Waals surface area (Å²) in [6.45, 7) is 6.08. The third-order valence-corrected chi connectivity index (χ3v) is 4.48. The minimum absolute atomic E-state index is 0.0116. The van der Waals surface area contributed by atoms with Crippen LogP contribution in [0.3, 0.4) is 0 Å². The Bertz CT molecular complexity index is 727. The minimum atomic E-state index is -0.0339. The summed E-state index contributed by atoms with van der Waals surface area (Å²) in [4.78, 5) is 12.2. The first-order chi connectivity index (χ1) is 12.6. The largest absolute Gasteiger partial charge is 0.486 e. The number of amides is 1. The molecular weight excluding hydrogens is 328 g/mol. The first-order valence-corrected chi connectivity index (χ1v) is 9.05. The molecule has 2 atom stereocenters. The molecule has 1 saturated heterocycles. The number of anilines is 1. The number of hydrogen-bond acceptors (Lipinski definition) is 4. The van der Waals surface area contributed by atoms with E-state index in [2.05, 4.69) is 22.8 Å². The minimum Gasteiger partial charge on any atom is -0.486 e. The van der Waals surface area contributed by atoms with E-state index in [-0.39, 0.29) is 18.1 Å². The summed E-state index contributed by atoms with van der Waals surface area (Å²) in [5.74, 6) is 0.779. The highest BCUT2D eigenvalue weighted by atomic mass is 16.5. The van der Waals surface area contributed by atoms with E-state index in [1.54, 1.807) is 0 Å². The number of aryl methyl sites for hydroxylation is 1. The molecule has 26 heavy (non-hydrogen) atoms. The second-order valence-corrected chi connectivity index (χ2v) is 6.63. The molecule has 0 radical (unpaired) electrons. The zero-order valence-electron chi connectivity index (χ0n) is 15.3. The van der Waals surface area contributed by atoms with Gasteiger partial charge in [-0.3, -0.25) is 4.79 Å². The maximum absolute atomic E-state index is 12.2. The van der Waals surface area contributed by atoms with Crippen molar-refractivity contribution in [1.29, 1.82) is 0 Å². The van der Waals surface area contributed by atoms with Crippen LogP contribution in [0.15, 0.2) is 48.5 Å². The van der Waals surface area contributed by atoms with E-state index >= 15 is 0 Å². The average Bonchev–Trinajstić information content (AvgIpc) is 2.65. The molecule has 3 rings (SSSR count). The standard InChI is InChI=1S/C21H26N2O3/c1-15-12-19(26-16(2)17-6-4-3-5-7-17)8-9-20(15)23-21(24)13-18-14-25-11-10-22-18/h3-9,12,16,18,22H,10-11,13-14H2,1-2H3,(H,23,24). The highest BCUT2D eigenvalue weighted by molar-refractivity contribution is 5.92. The van der Waals surface area contributed by atoms with Gasteiger partial charge in [-0.15, -0.1) is 0 Å². The molecule has 0 bridgehead atoms. The van der Waals surface area contributed by atoms with Crippen LogP contribution in [0.25, 0.3) is 0 Å². The van der Waals surface area contributed by atoms with Crippen molar-refractivity contribution in [3.8, 4) is 5.75 Å². The van der Waals surface area contributed by atoms with Crippen molar-refractivity contribution in [2.45, 2.75) is 32.4 Å². The van der Waals surface area contributed by atoms with Gasteiger partial charge in [-0.1, -0.05) is 30.3 Å². The fourth-order valence-electron chi connectivity index (χ4n) is 3.02. The highest BCUT2D eigenvalue weighted by Crippen LogP contribution is 2.26. The molecule has 2 aromatic carbocycles. The molecule has 0 aliphatic carbocycles. The normalized spacial score (nSPS) is 18.2. The van der Waals surface area contributed by atoms with Gasteiger partial charge in [0.05, 0.1) is 13.2 Å². The summed E-state index contributed by atoms with van der Waals surface area (Å²) in [5, 5.41) is 6.27. The first-order valence-electron chi connectivity index (χ1n) is 9.05. The fourth-order valence-corrected chi connectivity index (χ4v) is 3.02. The zero-order valence-corrected chi connectivity index (χ0v) is 15.3. The second kappa shape index (κ2) is 8.83.